The zero-order chi connectivity index (χ0) is 6.41. The Labute approximate surface area is 49.1 Å². The van der Waals surface area contributed by atoms with Crippen LogP contribution in [0, 0.1) is 0 Å². The molecule has 3 heteroatoms. The number of ether oxygens (including phenoxy) is 1. The third kappa shape index (κ3) is 3.33. The predicted octanol–water partition coefficient (Wildman–Crippen LogP) is 1.06. The Kier molecular flexibility index (Phi) is 3.84. The van der Waals surface area contributed by atoms with E-state index in [0.717, 1.165) is 0 Å². The van der Waals surface area contributed by atoms with Crippen molar-refractivity contribution in [3.05, 3.63) is 0 Å². The van der Waals surface area contributed by atoms with Crippen molar-refractivity contribution in [2.45, 2.75) is 13.8 Å². The van der Waals surface area contributed by atoms with E-state index in [4.69, 9.17) is 4.74 Å². The Bertz CT molecular complexity index is 98.6. The van der Waals surface area contributed by atoms with Gasteiger partial charge in [0, 0.05) is 13.6 Å². The first-order valence-corrected chi connectivity index (χ1v) is 2.44. The average molecular weight is 114 g/mol. The summed E-state index contributed by atoms with van der Waals surface area (Å²) in [7, 11) is 0. The summed E-state index contributed by atoms with van der Waals surface area (Å²) in [5.41, 5.74) is 0. The Morgan fingerprint density at radius 1 is 1.75 bits per heavy atom. The Hall–Kier alpha value is -0.860. The van der Waals surface area contributed by atoms with Gasteiger partial charge in [-0.15, -0.1) is 5.10 Å². The molecule has 0 rings (SSSR count). The lowest BCUT2D eigenvalue weighted by molar-refractivity contribution is 0.323. The molecule has 0 aliphatic heterocycles. The molecule has 46 valence electrons. The van der Waals surface area contributed by atoms with Crippen LogP contribution in [0.2, 0.25) is 0 Å². The van der Waals surface area contributed by atoms with Crippen molar-refractivity contribution in [2.24, 2.45) is 10.2 Å². The van der Waals surface area contributed by atoms with Gasteiger partial charge in [-0.2, -0.15) is 5.10 Å². The number of nitrogens with zero attached hydrogens (tertiary/aromatic N) is 2. The highest BCUT2D eigenvalue weighted by atomic mass is 16.5. The third-order valence-electron chi connectivity index (χ3n) is 0.565. The van der Waals surface area contributed by atoms with E-state index >= 15 is 0 Å². The maximum atomic E-state index is 4.90. The molecule has 0 saturated heterocycles. The summed E-state index contributed by atoms with van der Waals surface area (Å²) in [6.45, 7) is 7.42. The minimum atomic E-state index is 0.558. The number of rotatable bonds is 2. The highest BCUT2D eigenvalue weighted by Crippen LogP contribution is 1.79. The molecule has 0 aromatic carbocycles. The first kappa shape index (κ1) is 7.14. The van der Waals surface area contributed by atoms with E-state index in [0.29, 0.717) is 12.5 Å². The van der Waals surface area contributed by atoms with Gasteiger partial charge in [-0.25, -0.2) is 0 Å². The quantitative estimate of drug-likeness (QED) is 0.300. The molecular weight excluding hydrogens is 104 g/mol. The van der Waals surface area contributed by atoms with Crippen LogP contribution in [-0.4, -0.2) is 19.2 Å². The molecule has 0 aliphatic carbocycles. The fourth-order valence-electron chi connectivity index (χ4n) is 0.337. The average Bonchev–Trinajstić information content (AvgIpc) is 1.68. The van der Waals surface area contributed by atoms with Crippen LogP contribution in [0.25, 0.3) is 0 Å². The van der Waals surface area contributed by atoms with E-state index in [2.05, 4.69) is 16.9 Å². The van der Waals surface area contributed by atoms with E-state index in [-0.39, 0.29) is 0 Å². The second-order valence-electron chi connectivity index (χ2n) is 1.19. The van der Waals surface area contributed by atoms with Gasteiger partial charge in [0.05, 0.1) is 6.61 Å². The van der Waals surface area contributed by atoms with Gasteiger partial charge in [-0.3, -0.25) is 0 Å². The van der Waals surface area contributed by atoms with Crippen LogP contribution in [0.15, 0.2) is 10.2 Å². The minimum Gasteiger partial charge on any atom is -0.480 e. The Morgan fingerprint density at radius 3 is 2.75 bits per heavy atom. The molecule has 3 nitrogen and oxygen atoms in total. The first-order valence-electron chi connectivity index (χ1n) is 2.44. The summed E-state index contributed by atoms with van der Waals surface area (Å²) in [5, 5.41) is 6.79. The maximum absolute atomic E-state index is 4.90. The molecule has 8 heavy (non-hydrogen) atoms. The molecule has 0 aliphatic rings. The zero-order valence-corrected chi connectivity index (χ0v) is 5.22. The van der Waals surface area contributed by atoms with Crippen molar-refractivity contribution >= 4 is 12.6 Å². The van der Waals surface area contributed by atoms with Crippen molar-refractivity contribution in [1.29, 1.82) is 0 Å². The Morgan fingerprint density at radius 2 is 2.38 bits per heavy atom. The van der Waals surface area contributed by atoms with Crippen LogP contribution >= 0.6 is 0 Å². The lowest BCUT2D eigenvalue weighted by Gasteiger charge is -1.95. The molecule has 0 unspecified atom stereocenters. The summed E-state index contributed by atoms with van der Waals surface area (Å²) in [6, 6.07) is 0. The van der Waals surface area contributed by atoms with E-state index < -0.39 is 0 Å². The van der Waals surface area contributed by atoms with Crippen molar-refractivity contribution in [2.75, 3.05) is 6.61 Å². The van der Waals surface area contributed by atoms with Crippen LogP contribution in [0.5, 0.6) is 0 Å². The van der Waals surface area contributed by atoms with Gasteiger partial charge in [-0.05, 0) is 6.92 Å². The Balaban J connectivity index is 3.44. The second-order valence-corrected chi connectivity index (χ2v) is 1.19. The van der Waals surface area contributed by atoms with Crippen LogP contribution < -0.4 is 0 Å². The van der Waals surface area contributed by atoms with E-state index in [9.17, 15) is 0 Å². The standard InChI is InChI=1S/C5H10N2O/c1-4-8-5(2)7-6-3/h3-4H2,1-2H3/b7-5+. The van der Waals surface area contributed by atoms with E-state index in [1.807, 2.05) is 6.92 Å². The zero-order valence-electron chi connectivity index (χ0n) is 5.22. The molecule has 0 bridgehead atoms. The van der Waals surface area contributed by atoms with Crippen molar-refractivity contribution < 1.29 is 4.74 Å². The summed E-state index contributed by atoms with van der Waals surface area (Å²) >= 11 is 0. The van der Waals surface area contributed by atoms with Gasteiger partial charge in [-0.1, -0.05) is 0 Å². The van der Waals surface area contributed by atoms with E-state index in [1.54, 1.807) is 6.92 Å². The highest BCUT2D eigenvalue weighted by Gasteiger charge is 1.82. The first-order chi connectivity index (χ1) is 3.81. The molecule has 0 fully saturated rings. The normalized spacial score (nSPS) is 11.0. The predicted molar refractivity (Wildman–Crippen MR) is 34.3 cm³/mol. The number of hydrogen-bond donors (Lipinski definition) is 0. The van der Waals surface area contributed by atoms with Gasteiger partial charge in [0.15, 0.2) is 0 Å². The molecule has 0 radical (unpaired) electrons. The summed E-state index contributed by atoms with van der Waals surface area (Å²) in [4.78, 5) is 0. The molecule has 0 amide bonds. The SMILES string of the molecule is C=N/N=C(\C)OCC. The monoisotopic (exact) mass is 114 g/mol. The van der Waals surface area contributed by atoms with Crippen molar-refractivity contribution in [3.8, 4) is 0 Å². The smallest absolute Gasteiger partial charge is 0.205 e. The summed E-state index contributed by atoms with van der Waals surface area (Å²) in [6.07, 6.45) is 0. The molecule has 0 spiro atoms. The van der Waals surface area contributed by atoms with Gasteiger partial charge in [0.1, 0.15) is 0 Å². The van der Waals surface area contributed by atoms with Crippen molar-refractivity contribution in [3.63, 3.8) is 0 Å². The van der Waals surface area contributed by atoms with Gasteiger partial charge in [0.25, 0.3) is 0 Å². The van der Waals surface area contributed by atoms with Crippen LogP contribution in [0.4, 0.5) is 0 Å². The number of hydrogen-bond acceptors (Lipinski definition) is 3. The topological polar surface area (TPSA) is 34.0 Å². The summed E-state index contributed by atoms with van der Waals surface area (Å²) < 4.78 is 4.90. The van der Waals surface area contributed by atoms with Gasteiger partial charge >= 0.3 is 0 Å². The minimum absolute atomic E-state index is 0.558. The molecular formula is C5H10N2O. The summed E-state index contributed by atoms with van der Waals surface area (Å²) in [5.74, 6) is 0.558. The highest BCUT2D eigenvalue weighted by molar-refractivity contribution is 5.73. The van der Waals surface area contributed by atoms with Gasteiger partial charge < -0.3 is 4.74 Å². The van der Waals surface area contributed by atoms with Gasteiger partial charge in [0.2, 0.25) is 5.90 Å². The van der Waals surface area contributed by atoms with Crippen LogP contribution in [0.1, 0.15) is 13.8 Å². The largest absolute Gasteiger partial charge is 0.480 e. The maximum Gasteiger partial charge on any atom is 0.205 e. The fourth-order valence-corrected chi connectivity index (χ4v) is 0.337. The van der Waals surface area contributed by atoms with Crippen LogP contribution in [0.3, 0.4) is 0 Å². The lowest BCUT2D eigenvalue weighted by atomic mass is 10.7. The fraction of sp³-hybridized carbons (Fsp3) is 0.600. The molecule has 0 saturated carbocycles. The molecule has 0 aromatic heterocycles. The third-order valence-corrected chi connectivity index (χ3v) is 0.565. The molecule has 0 heterocycles. The van der Waals surface area contributed by atoms with Crippen molar-refractivity contribution in [1.82, 2.24) is 0 Å². The molecule has 0 aromatic rings. The molecule has 0 atom stereocenters. The second kappa shape index (κ2) is 4.30. The van der Waals surface area contributed by atoms with Crippen LogP contribution in [-0.2, 0) is 4.74 Å². The molecule has 0 N–H and O–H groups in total. The lowest BCUT2D eigenvalue weighted by Crippen LogP contribution is -1.96. The van der Waals surface area contributed by atoms with E-state index in [1.165, 1.54) is 0 Å².